The molecule has 140 valence electrons. The van der Waals surface area contributed by atoms with Crippen molar-refractivity contribution in [1.82, 2.24) is 4.98 Å². The van der Waals surface area contributed by atoms with Gasteiger partial charge in [0.2, 0.25) is 9.84 Å². The molecule has 0 atom stereocenters. The summed E-state index contributed by atoms with van der Waals surface area (Å²) < 4.78 is 27.0. The number of aryl methyl sites for hydroxylation is 1. The third-order valence-corrected chi connectivity index (χ3v) is 8.35. The van der Waals surface area contributed by atoms with Crippen LogP contribution in [0.25, 0.3) is 11.1 Å². The highest BCUT2D eigenvalue weighted by molar-refractivity contribution is 8.01. The van der Waals surface area contributed by atoms with Gasteiger partial charge in [-0.15, -0.1) is 23.1 Å². The van der Waals surface area contributed by atoms with Crippen LogP contribution in [0.15, 0.2) is 56.6 Å². The first-order chi connectivity index (χ1) is 12.8. The van der Waals surface area contributed by atoms with E-state index in [0.717, 1.165) is 11.1 Å². The Labute approximate surface area is 166 Å². The summed E-state index contributed by atoms with van der Waals surface area (Å²) >= 11 is 2.49. The zero-order valence-corrected chi connectivity index (χ0v) is 17.1. The third kappa shape index (κ3) is 3.58. The number of nitrogen functional groups attached to an aromatic ring is 2. The Bertz CT molecular complexity index is 1140. The fourth-order valence-electron chi connectivity index (χ4n) is 2.64. The summed E-state index contributed by atoms with van der Waals surface area (Å²) in [6, 6.07) is 10.6. The Hall–Kier alpha value is -2.36. The maximum absolute atomic E-state index is 13.2. The van der Waals surface area contributed by atoms with E-state index in [2.05, 4.69) is 4.98 Å². The Morgan fingerprint density at radius 3 is 2.56 bits per heavy atom. The minimum atomic E-state index is -3.84. The monoisotopic (exact) mass is 418 g/mol. The Balaban J connectivity index is 2.18. The molecule has 5 N–H and O–H groups in total. The number of hydrogen-bond donors (Lipinski definition) is 3. The van der Waals surface area contributed by atoms with Crippen molar-refractivity contribution in [2.75, 3.05) is 12.0 Å². The van der Waals surface area contributed by atoms with Crippen LogP contribution in [-0.4, -0.2) is 25.5 Å². The van der Waals surface area contributed by atoms with Gasteiger partial charge in [0.25, 0.3) is 0 Å². The lowest BCUT2D eigenvalue weighted by atomic mass is 10.0. The molecule has 1 aromatic carbocycles. The van der Waals surface area contributed by atoms with E-state index in [1.165, 1.54) is 35.4 Å². The minimum Gasteiger partial charge on any atom is -0.383 e. The van der Waals surface area contributed by atoms with Crippen molar-refractivity contribution in [3.05, 3.63) is 53.0 Å². The molecule has 0 bridgehead atoms. The van der Waals surface area contributed by atoms with Crippen molar-refractivity contribution in [2.45, 2.75) is 20.9 Å². The molecule has 2 heterocycles. The molecule has 27 heavy (non-hydrogen) atoms. The lowest BCUT2D eigenvalue weighted by Crippen LogP contribution is -2.09. The van der Waals surface area contributed by atoms with Gasteiger partial charge in [-0.1, -0.05) is 24.3 Å². The van der Waals surface area contributed by atoms with Gasteiger partial charge in [0.05, 0.1) is 18.9 Å². The second kappa shape index (κ2) is 7.34. The van der Waals surface area contributed by atoms with Crippen molar-refractivity contribution in [2.24, 2.45) is 5.73 Å². The van der Waals surface area contributed by atoms with Crippen LogP contribution in [0.1, 0.15) is 10.4 Å². The molecule has 0 aliphatic rings. The molecule has 0 unspecified atom stereocenters. The molecule has 0 radical (unpaired) electrons. The van der Waals surface area contributed by atoms with Gasteiger partial charge in [-0.3, -0.25) is 5.41 Å². The topological polar surface area (TPSA) is 123 Å². The van der Waals surface area contributed by atoms with Gasteiger partial charge in [-0.05, 0) is 36.4 Å². The first-order valence-corrected chi connectivity index (χ1v) is 11.4. The molecule has 0 aliphatic carbocycles. The zero-order chi connectivity index (χ0) is 19.8. The number of anilines is 1. The predicted molar refractivity (Wildman–Crippen MR) is 111 cm³/mol. The van der Waals surface area contributed by atoms with Gasteiger partial charge in [0.1, 0.15) is 11.7 Å². The lowest BCUT2D eigenvalue weighted by molar-refractivity contribution is 0.594. The van der Waals surface area contributed by atoms with Crippen LogP contribution in [0.2, 0.25) is 0 Å². The largest absolute Gasteiger partial charge is 0.383 e. The van der Waals surface area contributed by atoms with E-state index in [1.54, 1.807) is 12.3 Å². The molecule has 3 rings (SSSR count). The van der Waals surface area contributed by atoms with Gasteiger partial charge in [0.15, 0.2) is 0 Å². The maximum atomic E-state index is 13.2. The second-order valence-electron chi connectivity index (χ2n) is 5.80. The summed E-state index contributed by atoms with van der Waals surface area (Å²) in [5.74, 6) is 0.107. The fourth-order valence-corrected chi connectivity index (χ4v) is 6.47. The van der Waals surface area contributed by atoms with Crippen LogP contribution in [0.4, 0.5) is 5.82 Å². The van der Waals surface area contributed by atoms with E-state index < -0.39 is 9.84 Å². The molecular weight excluding hydrogens is 400 g/mol. The number of nitrogens with zero attached hydrogens (tertiary/aromatic N) is 1. The lowest BCUT2D eigenvalue weighted by Gasteiger charge is -2.11. The molecule has 0 amide bonds. The number of amidine groups is 1. The molecule has 0 saturated carbocycles. The highest BCUT2D eigenvalue weighted by Gasteiger charge is 2.26. The highest BCUT2D eigenvalue weighted by atomic mass is 32.2. The number of sulfone groups is 1. The number of benzene rings is 1. The van der Waals surface area contributed by atoms with Gasteiger partial charge in [-0.25, -0.2) is 13.4 Å². The van der Waals surface area contributed by atoms with Crippen molar-refractivity contribution in [1.29, 1.82) is 5.41 Å². The maximum Gasteiger partial charge on any atom is 0.210 e. The SMILES string of the molecule is CSc1sc(C(=N)N)cc1S(=O)(=O)c1cnc(N)c(-c2ccccc2C)c1. The third-order valence-electron chi connectivity index (χ3n) is 4.05. The van der Waals surface area contributed by atoms with E-state index in [-0.39, 0.29) is 21.4 Å². The van der Waals surface area contributed by atoms with Crippen LogP contribution < -0.4 is 11.5 Å². The predicted octanol–water partition coefficient (Wildman–Crippen LogP) is 3.54. The summed E-state index contributed by atoms with van der Waals surface area (Å²) in [5, 5.41) is 7.58. The molecule has 0 aliphatic heterocycles. The van der Waals surface area contributed by atoms with E-state index in [4.69, 9.17) is 16.9 Å². The molecule has 0 fully saturated rings. The summed E-state index contributed by atoms with van der Waals surface area (Å²) in [4.78, 5) is 4.72. The van der Waals surface area contributed by atoms with Gasteiger partial charge >= 0.3 is 0 Å². The number of aromatic nitrogens is 1. The summed E-state index contributed by atoms with van der Waals surface area (Å²) in [6.45, 7) is 1.93. The smallest absolute Gasteiger partial charge is 0.210 e. The van der Waals surface area contributed by atoms with Gasteiger partial charge in [-0.2, -0.15) is 0 Å². The normalized spacial score (nSPS) is 11.5. The van der Waals surface area contributed by atoms with E-state index in [0.29, 0.717) is 14.6 Å². The standard InChI is InChI=1S/C18H18N4O2S3/c1-10-5-3-4-6-12(10)13-7-11(9-22-17(13)21)27(23,24)15-8-14(16(19)20)26-18(15)25-2/h3-9H,1-2H3,(H3,19,20)(H2,21,22). The van der Waals surface area contributed by atoms with Crippen LogP contribution in [0.3, 0.4) is 0 Å². The van der Waals surface area contributed by atoms with E-state index >= 15 is 0 Å². The minimum absolute atomic E-state index is 0.0538. The average molecular weight is 419 g/mol. The number of rotatable bonds is 5. The Morgan fingerprint density at radius 1 is 1.22 bits per heavy atom. The number of thioether (sulfide) groups is 1. The summed E-state index contributed by atoms with van der Waals surface area (Å²) in [6.07, 6.45) is 3.05. The molecule has 3 aromatic rings. The Kier molecular flexibility index (Phi) is 5.27. The number of pyridine rings is 1. The second-order valence-corrected chi connectivity index (χ2v) is 9.85. The van der Waals surface area contributed by atoms with Crippen molar-refractivity contribution >= 4 is 44.6 Å². The fraction of sp³-hybridized carbons (Fsp3) is 0.111. The van der Waals surface area contributed by atoms with Crippen molar-refractivity contribution in [3.8, 4) is 11.1 Å². The van der Waals surface area contributed by atoms with Crippen molar-refractivity contribution < 1.29 is 8.42 Å². The number of nitrogens with two attached hydrogens (primary N) is 2. The van der Waals surface area contributed by atoms with Crippen LogP contribution in [0.5, 0.6) is 0 Å². The highest BCUT2D eigenvalue weighted by Crippen LogP contribution is 2.38. The van der Waals surface area contributed by atoms with Crippen LogP contribution in [0, 0.1) is 12.3 Å². The first kappa shape index (κ1) is 19.4. The van der Waals surface area contributed by atoms with Crippen molar-refractivity contribution in [3.63, 3.8) is 0 Å². The summed E-state index contributed by atoms with van der Waals surface area (Å²) in [5.41, 5.74) is 13.9. The van der Waals surface area contributed by atoms with E-state index in [1.807, 2.05) is 31.2 Å². The summed E-state index contributed by atoms with van der Waals surface area (Å²) in [7, 11) is -3.84. The molecule has 0 saturated heterocycles. The number of nitrogens with one attached hydrogen (secondary N) is 1. The van der Waals surface area contributed by atoms with Crippen LogP contribution in [-0.2, 0) is 9.84 Å². The Morgan fingerprint density at radius 2 is 1.93 bits per heavy atom. The first-order valence-electron chi connectivity index (χ1n) is 7.84. The quantitative estimate of drug-likeness (QED) is 0.331. The number of hydrogen-bond acceptors (Lipinski definition) is 7. The van der Waals surface area contributed by atoms with Crippen LogP contribution >= 0.6 is 23.1 Å². The molecule has 2 aromatic heterocycles. The van der Waals surface area contributed by atoms with Gasteiger partial charge in [0, 0.05) is 11.8 Å². The average Bonchev–Trinajstić information content (AvgIpc) is 3.08. The zero-order valence-electron chi connectivity index (χ0n) is 14.7. The van der Waals surface area contributed by atoms with Gasteiger partial charge < -0.3 is 11.5 Å². The molecule has 6 nitrogen and oxygen atoms in total. The molecular formula is C18H18N4O2S3. The number of thiophene rings is 1. The molecule has 9 heteroatoms. The van der Waals surface area contributed by atoms with E-state index in [9.17, 15) is 8.42 Å². The molecule has 0 spiro atoms.